The van der Waals surface area contributed by atoms with Crippen molar-refractivity contribution in [3.8, 4) is 0 Å². The molecule has 7 nitrogen and oxygen atoms in total. The lowest BCUT2D eigenvalue weighted by Crippen LogP contribution is -2.63. The fraction of sp³-hybridized carbons (Fsp3) is 0.800. The number of aliphatic carboxylic acids is 1. The molecule has 0 spiro atoms. The molecule has 7 atom stereocenters. The van der Waals surface area contributed by atoms with Gasteiger partial charge in [0.15, 0.2) is 0 Å². The Bertz CT molecular complexity index is 697. The molecule has 0 aromatic rings. The van der Waals surface area contributed by atoms with Crippen LogP contribution in [0.2, 0.25) is 0 Å². The van der Waals surface area contributed by atoms with Gasteiger partial charge >= 0.3 is 5.97 Å². The number of likely N-dealkylation sites (tertiary alicyclic amines) is 1. The van der Waals surface area contributed by atoms with Crippen molar-refractivity contribution in [2.45, 2.75) is 56.5 Å². The van der Waals surface area contributed by atoms with E-state index in [1.54, 1.807) is 18.7 Å². The van der Waals surface area contributed by atoms with Gasteiger partial charge in [0.1, 0.15) is 5.70 Å². The third-order valence-electron chi connectivity index (χ3n) is 6.89. The first kappa shape index (κ1) is 20.2. The van der Waals surface area contributed by atoms with Crippen molar-refractivity contribution >= 4 is 23.6 Å². The Balaban J connectivity index is 1.42. The Hall–Kier alpha value is -1.09. The average molecular weight is 410 g/mol. The number of nitrogens with zero attached hydrogens (tertiary/aromatic N) is 2. The molecule has 0 aromatic heterocycles. The van der Waals surface area contributed by atoms with Gasteiger partial charge in [-0.1, -0.05) is 6.92 Å². The molecule has 3 fully saturated rings. The highest BCUT2D eigenvalue weighted by Crippen LogP contribution is 2.51. The highest BCUT2D eigenvalue weighted by molar-refractivity contribution is 8.03. The van der Waals surface area contributed by atoms with Gasteiger partial charge in [-0.2, -0.15) is 0 Å². The highest BCUT2D eigenvalue weighted by Gasteiger charge is 2.60. The fourth-order valence-electron chi connectivity index (χ4n) is 5.53. The summed E-state index contributed by atoms with van der Waals surface area (Å²) >= 11 is 1.64. The van der Waals surface area contributed by atoms with E-state index in [0.717, 1.165) is 23.8 Å². The number of fused-ring (bicyclic) bond motifs is 1. The normalized spacial score (nSPS) is 39.4. The standard InChI is InChI=1S/C20H31N3O4S/c1-10-16-15(11(2)24)19(25)23(16)17(20(26)27)18(10)28-14-7-13(21-8-14)6-12-4-5-22(3)9-12/h10-16,21,24H,4-9H2,1-3H3,(H,26,27). The maximum Gasteiger partial charge on any atom is 0.353 e. The van der Waals surface area contributed by atoms with Crippen LogP contribution < -0.4 is 5.32 Å². The van der Waals surface area contributed by atoms with E-state index in [4.69, 9.17) is 0 Å². The van der Waals surface area contributed by atoms with E-state index in [1.807, 2.05) is 6.92 Å². The van der Waals surface area contributed by atoms with Gasteiger partial charge in [-0.25, -0.2) is 4.79 Å². The van der Waals surface area contributed by atoms with Crippen molar-refractivity contribution in [1.82, 2.24) is 15.1 Å². The number of hydrogen-bond acceptors (Lipinski definition) is 6. The number of nitrogens with one attached hydrogen (secondary N) is 1. The van der Waals surface area contributed by atoms with Crippen LogP contribution in [-0.2, 0) is 9.59 Å². The molecule has 0 bridgehead atoms. The lowest BCUT2D eigenvalue weighted by Gasteiger charge is -2.46. The summed E-state index contributed by atoms with van der Waals surface area (Å²) in [6, 6.07) is 0.267. The van der Waals surface area contributed by atoms with Crippen LogP contribution in [0.25, 0.3) is 0 Å². The molecule has 1 amide bonds. The highest BCUT2D eigenvalue weighted by atomic mass is 32.2. The second-order valence-electron chi connectivity index (χ2n) is 9.01. The minimum atomic E-state index is -1.04. The van der Waals surface area contributed by atoms with Gasteiger partial charge in [-0.15, -0.1) is 11.8 Å². The molecule has 0 saturated carbocycles. The number of amides is 1. The first-order valence-electron chi connectivity index (χ1n) is 10.3. The lowest BCUT2D eigenvalue weighted by atomic mass is 9.79. The van der Waals surface area contributed by atoms with Gasteiger partial charge in [0.2, 0.25) is 5.91 Å². The molecular formula is C20H31N3O4S. The monoisotopic (exact) mass is 409 g/mol. The number of β-lactam (4-membered cyclic amide) rings is 1. The molecule has 3 N–H and O–H groups in total. The van der Waals surface area contributed by atoms with Crippen LogP contribution in [0.15, 0.2) is 10.6 Å². The topological polar surface area (TPSA) is 93.1 Å². The summed E-state index contributed by atoms with van der Waals surface area (Å²) in [6.07, 6.45) is 2.72. The molecule has 156 valence electrons. The Labute approximate surface area is 170 Å². The number of thioether (sulfide) groups is 1. The SMILES string of the molecule is CC(O)C1C(=O)N2C(C(=O)O)=C(SC3CNC(CC4CCN(C)C4)C3)C(C)C12. The Morgan fingerprint density at radius 3 is 2.79 bits per heavy atom. The molecule has 4 aliphatic rings. The third-order valence-corrected chi connectivity index (χ3v) is 8.40. The minimum absolute atomic E-state index is 0.0454. The van der Waals surface area contributed by atoms with Gasteiger partial charge in [0, 0.05) is 35.2 Å². The fourth-order valence-corrected chi connectivity index (χ4v) is 7.05. The second kappa shape index (κ2) is 7.63. The van der Waals surface area contributed by atoms with Crippen molar-refractivity contribution in [3.63, 3.8) is 0 Å². The van der Waals surface area contributed by atoms with E-state index in [0.29, 0.717) is 11.3 Å². The van der Waals surface area contributed by atoms with Crippen molar-refractivity contribution in [1.29, 1.82) is 0 Å². The smallest absolute Gasteiger partial charge is 0.353 e. The Morgan fingerprint density at radius 2 is 2.18 bits per heavy atom. The number of carbonyl (C=O) groups excluding carboxylic acids is 1. The quantitative estimate of drug-likeness (QED) is 0.562. The Morgan fingerprint density at radius 1 is 1.43 bits per heavy atom. The van der Waals surface area contributed by atoms with Crippen molar-refractivity contribution in [2.75, 3.05) is 26.7 Å². The molecule has 4 rings (SSSR count). The van der Waals surface area contributed by atoms with Crippen molar-refractivity contribution < 1.29 is 19.8 Å². The summed E-state index contributed by atoms with van der Waals surface area (Å²) in [6.45, 7) is 6.83. The number of aliphatic hydroxyl groups excluding tert-OH is 1. The maximum atomic E-state index is 12.4. The van der Waals surface area contributed by atoms with Gasteiger partial charge in [0.25, 0.3) is 0 Å². The Kier molecular flexibility index (Phi) is 5.50. The number of carbonyl (C=O) groups is 2. The molecule has 0 radical (unpaired) electrons. The number of carboxylic acid groups (broad SMARTS) is 1. The molecule has 0 aliphatic carbocycles. The lowest BCUT2D eigenvalue weighted by molar-refractivity contribution is -0.163. The third kappa shape index (κ3) is 3.38. The van der Waals surface area contributed by atoms with Crippen molar-refractivity contribution in [3.05, 3.63) is 10.6 Å². The van der Waals surface area contributed by atoms with Crippen LogP contribution in [0.4, 0.5) is 0 Å². The van der Waals surface area contributed by atoms with Gasteiger partial charge in [0.05, 0.1) is 18.1 Å². The predicted molar refractivity (Wildman–Crippen MR) is 108 cm³/mol. The van der Waals surface area contributed by atoms with Gasteiger partial charge in [-0.3, -0.25) is 4.79 Å². The van der Waals surface area contributed by atoms with Crippen LogP contribution in [0.5, 0.6) is 0 Å². The van der Waals surface area contributed by atoms with E-state index in [9.17, 15) is 19.8 Å². The zero-order valence-corrected chi connectivity index (χ0v) is 17.6. The van der Waals surface area contributed by atoms with Gasteiger partial charge in [-0.05, 0) is 45.7 Å². The molecule has 4 aliphatic heterocycles. The van der Waals surface area contributed by atoms with E-state index < -0.39 is 18.0 Å². The molecule has 3 saturated heterocycles. The minimum Gasteiger partial charge on any atom is -0.477 e. The average Bonchev–Trinajstić information content (AvgIpc) is 3.28. The van der Waals surface area contributed by atoms with Crippen LogP contribution in [-0.4, -0.2) is 82.0 Å². The first-order valence-corrected chi connectivity index (χ1v) is 11.2. The van der Waals surface area contributed by atoms with Crippen molar-refractivity contribution in [2.24, 2.45) is 17.8 Å². The van der Waals surface area contributed by atoms with Crippen LogP contribution in [0.3, 0.4) is 0 Å². The van der Waals surface area contributed by atoms with Crippen LogP contribution >= 0.6 is 11.8 Å². The maximum absolute atomic E-state index is 12.4. The predicted octanol–water partition coefficient (Wildman–Crippen LogP) is 0.946. The summed E-state index contributed by atoms with van der Waals surface area (Å²) in [5, 5.41) is 23.7. The van der Waals surface area contributed by atoms with E-state index >= 15 is 0 Å². The van der Waals surface area contributed by atoms with E-state index in [1.165, 1.54) is 30.8 Å². The van der Waals surface area contributed by atoms with E-state index in [2.05, 4.69) is 17.3 Å². The molecule has 0 aromatic carbocycles. The number of carboxylic acids is 1. The molecule has 8 heteroatoms. The molecular weight excluding hydrogens is 378 g/mol. The zero-order valence-electron chi connectivity index (χ0n) is 16.8. The van der Waals surface area contributed by atoms with Crippen LogP contribution in [0, 0.1) is 17.8 Å². The number of rotatable bonds is 6. The van der Waals surface area contributed by atoms with Crippen LogP contribution in [0.1, 0.15) is 33.1 Å². The van der Waals surface area contributed by atoms with Gasteiger partial charge < -0.3 is 25.3 Å². The molecule has 28 heavy (non-hydrogen) atoms. The largest absolute Gasteiger partial charge is 0.477 e. The molecule has 7 unspecified atom stereocenters. The summed E-state index contributed by atoms with van der Waals surface area (Å²) in [4.78, 5) is 29.0. The first-order chi connectivity index (χ1) is 13.3. The summed E-state index contributed by atoms with van der Waals surface area (Å²) < 4.78 is 0. The summed E-state index contributed by atoms with van der Waals surface area (Å²) in [5.41, 5.74) is 0.144. The zero-order chi connectivity index (χ0) is 20.2. The number of aliphatic hydroxyl groups is 1. The molecule has 4 heterocycles. The summed E-state index contributed by atoms with van der Waals surface area (Å²) in [7, 11) is 2.17. The number of hydrogen-bond donors (Lipinski definition) is 3. The van der Waals surface area contributed by atoms with E-state index in [-0.39, 0.29) is 23.6 Å². The summed E-state index contributed by atoms with van der Waals surface area (Å²) in [5.74, 6) is -1.08. The second-order valence-corrected chi connectivity index (χ2v) is 10.3.